The summed E-state index contributed by atoms with van der Waals surface area (Å²) in [5.41, 5.74) is 9.35. The summed E-state index contributed by atoms with van der Waals surface area (Å²) < 4.78 is 0. The summed E-state index contributed by atoms with van der Waals surface area (Å²) in [7, 11) is 0. The van der Waals surface area contributed by atoms with Crippen molar-refractivity contribution in [3.05, 3.63) is 199 Å². The van der Waals surface area contributed by atoms with Crippen LogP contribution in [0.3, 0.4) is 0 Å². The van der Waals surface area contributed by atoms with Gasteiger partial charge in [0, 0.05) is 16.7 Å². The molecule has 0 aliphatic carbocycles. The van der Waals surface area contributed by atoms with E-state index in [9.17, 15) is 0 Å². The molecule has 3 nitrogen and oxygen atoms in total. The van der Waals surface area contributed by atoms with Crippen molar-refractivity contribution in [2.45, 2.75) is 13.3 Å². The molecule has 0 atom stereocenters. The van der Waals surface area contributed by atoms with Crippen molar-refractivity contribution >= 4 is 43.1 Å². The standard InChI is InChI=1S/C51H35N3/c1-33-23-24-35-14-7-9-20-43(35)47(33)48-40(27-26-36-15-8-10-21-44(36)48)32-39-29-30-46(45-22-12-11-19-42(39)45)51-53-49(37-16-3-2-4-17-37)52-50(54-51)41-28-25-34-13-5-6-18-38(34)31-41/h2-31H,32H2,1H3. The summed E-state index contributed by atoms with van der Waals surface area (Å²) in [5, 5.41) is 9.70. The highest BCUT2D eigenvalue weighted by atomic mass is 15.0. The molecule has 0 bridgehead atoms. The van der Waals surface area contributed by atoms with Crippen molar-refractivity contribution in [1.82, 2.24) is 15.0 Å². The van der Waals surface area contributed by atoms with Crippen LogP contribution >= 0.6 is 0 Å². The average Bonchev–Trinajstić information content (AvgIpc) is 3.24. The third-order valence-electron chi connectivity index (χ3n) is 10.7. The normalized spacial score (nSPS) is 11.5. The molecule has 1 aromatic heterocycles. The van der Waals surface area contributed by atoms with Gasteiger partial charge >= 0.3 is 0 Å². The summed E-state index contributed by atoms with van der Waals surface area (Å²) in [5.74, 6) is 1.97. The number of nitrogens with zero attached hydrogens (tertiary/aromatic N) is 3. The van der Waals surface area contributed by atoms with Crippen molar-refractivity contribution in [3.63, 3.8) is 0 Å². The van der Waals surface area contributed by atoms with Gasteiger partial charge in [-0.3, -0.25) is 0 Å². The fourth-order valence-electron chi connectivity index (χ4n) is 8.06. The second-order valence-corrected chi connectivity index (χ2v) is 14.0. The Morgan fingerprint density at radius 3 is 1.65 bits per heavy atom. The molecule has 0 amide bonds. The lowest BCUT2D eigenvalue weighted by atomic mass is 9.85. The van der Waals surface area contributed by atoms with Gasteiger partial charge in [-0.15, -0.1) is 0 Å². The molecule has 10 rings (SSSR count). The highest BCUT2D eigenvalue weighted by molar-refractivity contribution is 6.08. The molecule has 9 aromatic carbocycles. The zero-order valence-corrected chi connectivity index (χ0v) is 29.9. The van der Waals surface area contributed by atoms with Crippen molar-refractivity contribution in [3.8, 4) is 45.3 Å². The van der Waals surface area contributed by atoms with Crippen LogP contribution < -0.4 is 0 Å². The molecule has 0 saturated carbocycles. The average molecular weight is 690 g/mol. The topological polar surface area (TPSA) is 38.7 Å². The van der Waals surface area contributed by atoms with Crippen LogP contribution in [-0.2, 0) is 6.42 Å². The van der Waals surface area contributed by atoms with Gasteiger partial charge in [-0.2, -0.15) is 0 Å². The van der Waals surface area contributed by atoms with Gasteiger partial charge in [0.05, 0.1) is 0 Å². The number of benzene rings is 9. The maximum Gasteiger partial charge on any atom is 0.164 e. The summed E-state index contributed by atoms with van der Waals surface area (Å²) in [6.07, 6.45) is 0.776. The van der Waals surface area contributed by atoms with E-state index in [2.05, 4.69) is 171 Å². The monoisotopic (exact) mass is 689 g/mol. The van der Waals surface area contributed by atoms with E-state index < -0.39 is 0 Å². The van der Waals surface area contributed by atoms with Gasteiger partial charge in [0.1, 0.15) is 0 Å². The Balaban J connectivity index is 1.15. The summed E-state index contributed by atoms with van der Waals surface area (Å²) in [6.45, 7) is 2.24. The lowest BCUT2D eigenvalue weighted by molar-refractivity contribution is 1.08. The summed E-state index contributed by atoms with van der Waals surface area (Å²) in [4.78, 5) is 15.3. The molecule has 1 heterocycles. The van der Waals surface area contributed by atoms with Gasteiger partial charge < -0.3 is 0 Å². The first-order valence-corrected chi connectivity index (χ1v) is 18.5. The van der Waals surface area contributed by atoms with Crippen LogP contribution in [-0.4, -0.2) is 15.0 Å². The number of hydrogen-bond acceptors (Lipinski definition) is 3. The molecule has 0 fully saturated rings. The molecular formula is C51H35N3. The number of rotatable bonds is 6. The van der Waals surface area contributed by atoms with Crippen LogP contribution in [0.25, 0.3) is 88.4 Å². The maximum atomic E-state index is 5.17. The van der Waals surface area contributed by atoms with Gasteiger partial charge in [-0.1, -0.05) is 176 Å². The number of aryl methyl sites for hydroxylation is 1. The lowest BCUT2D eigenvalue weighted by Gasteiger charge is -2.19. The van der Waals surface area contributed by atoms with E-state index in [1.54, 1.807) is 0 Å². The van der Waals surface area contributed by atoms with E-state index in [0.29, 0.717) is 17.5 Å². The largest absolute Gasteiger partial charge is 0.208 e. The molecule has 254 valence electrons. The van der Waals surface area contributed by atoms with Crippen LogP contribution in [0.2, 0.25) is 0 Å². The molecule has 0 spiro atoms. The Morgan fingerprint density at radius 1 is 0.352 bits per heavy atom. The van der Waals surface area contributed by atoms with Gasteiger partial charge in [0.2, 0.25) is 0 Å². The van der Waals surface area contributed by atoms with Crippen LogP contribution in [0.5, 0.6) is 0 Å². The SMILES string of the molecule is Cc1ccc2ccccc2c1-c1c(Cc2ccc(-c3nc(-c4ccccc4)nc(-c4ccc5ccccc5c4)n3)c3ccccc23)ccc2ccccc12. The summed E-state index contributed by atoms with van der Waals surface area (Å²) >= 11 is 0. The summed E-state index contributed by atoms with van der Waals surface area (Å²) in [6, 6.07) is 64.8. The zero-order chi connectivity index (χ0) is 36.0. The number of aromatic nitrogens is 3. The predicted molar refractivity (Wildman–Crippen MR) is 226 cm³/mol. The minimum absolute atomic E-state index is 0.656. The first-order valence-electron chi connectivity index (χ1n) is 18.5. The van der Waals surface area contributed by atoms with Gasteiger partial charge in [0.25, 0.3) is 0 Å². The second kappa shape index (κ2) is 13.2. The third kappa shape index (κ3) is 5.58. The molecule has 0 aliphatic heterocycles. The minimum Gasteiger partial charge on any atom is -0.208 e. The predicted octanol–water partition coefficient (Wildman–Crippen LogP) is 13.1. The van der Waals surface area contributed by atoms with E-state index in [0.717, 1.165) is 33.9 Å². The van der Waals surface area contributed by atoms with Crippen LogP contribution in [0.1, 0.15) is 16.7 Å². The Kier molecular flexibility index (Phi) is 7.77. The molecule has 0 N–H and O–H groups in total. The van der Waals surface area contributed by atoms with E-state index in [4.69, 9.17) is 15.0 Å². The minimum atomic E-state index is 0.656. The lowest BCUT2D eigenvalue weighted by Crippen LogP contribution is -2.01. The molecule has 3 heteroatoms. The van der Waals surface area contributed by atoms with Crippen molar-refractivity contribution in [1.29, 1.82) is 0 Å². The molecule has 54 heavy (non-hydrogen) atoms. The van der Waals surface area contributed by atoms with E-state index in [-0.39, 0.29) is 0 Å². The first-order chi connectivity index (χ1) is 26.7. The fourth-order valence-corrected chi connectivity index (χ4v) is 8.06. The van der Waals surface area contributed by atoms with Gasteiger partial charge in [-0.25, -0.2) is 15.0 Å². The molecule has 0 saturated heterocycles. The van der Waals surface area contributed by atoms with Crippen molar-refractivity contribution in [2.24, 2.45) is 0 Å². The second-order valence-electron chi connectivity index (χ2n) is 14.0. The third-order valence-corrected chi connectivity index (χ3v) is 10.7. The highest BCUT2D eigenvalue weighted by Gasteiger charge is 2.19. The van der Waals surface area contributed by atoms with Crippen LogP contribution in [0.15, 0.2) is 182 Å². The first kappa shape index (κ1) is 31.7. The molecule has 0 unspecified atom stereocenters. The van der Waals surface area contributed by atoms with Gasteiger partial charge in [0.15, 0.2) is 17.5 Å². The number of fused-ring (bicyclic) bond motifs is 4. The number of hydrogen-bond donors (Lipinski definition) is 0. The Labute approximate surface area is 314 Å². The Bertz CT molecular complexity index is 3040. The van der Waals surface area contributed by atoms with Crippen LogP contribution in [0, 0.1) is 6.92 Å². The molecule has 0 aliphatic rings. The Hall–Kier alpha value is -6.97. The van der Waals surface area contributed by atoms with Gasteiger partial charge in [-0.05, 0) is 90.3 Å². The Morgan fingerprint density at radius 2 is 0.889 bits per heavy atom. The molecule has 10 aromatic rings. The molecule has 0 radical (unpaired) electrons. The van der Waals surface area contributed by atoms with Crippen molar-refractivity contribution in [2.75, 3.05) is 0 Å². The van der Waals surface area contributed by atoms with E-state index in [1.165, 1.54) is 60.1 Å². The smallest absolute Gasteiger partial charge is 0.164 e. The van der Waals surface area contributed by atoms with E-state index >= 15 is 0 Å². The van der Waals surface area contributed by atoms with Crippen molar-refractivity contribution < 1.29 is 0 Å². The van der Waals surface area contributed by atoms with Crippen LogP contribution in [0.4, 0.5) is 0 Å². The highest BCUT2D eigenvalue weighted by Crippen LogP contribution is 2.41. The molecular weight excluding hydrogens is 655 g/mol. The van der Waals surface area contributed by atoms with E-state index in [1.807, 2.05) is 18.2 Å². The fraction of sp³-hybridized carbons (Fsp3) is 0.0392. The zero-order valence-electron chi connectivity index (χ0n) is 29.9. The quantitative estimate of drug-likeness (QED) is 0.174. The maximum absolute atomic E-state index is 5.17.